The third kappa shape index (κ3) is 7.94. The van der Waals surface area contributed by atoms with Crippen LogP contribution in [0.1, 0.15) is 20.3 Å². The fourth-order valence-corrected chi connectivity index (χ4v) is 0.368. The SMILES string of the molecule is CC[CH-]C(=O)OCC.[Li+]. The van der Waals surface area contributed by atoms with Crippen LogP contribution in [0, 0.1) is 6.42 Å². The Hall–Kier alpha value is -0.0626. The number of ether oxygens (including phenoxy) is 1. The second-order valence-electron chi connectivity index (χ2n) is 1.36. The van der Waals surface area contributed by atoms with Gasteiger partial charge in [0.25, 0.3) is 0 Å². The minimum Gasteiger partial charge on any atom is -0.488 e. The van der Waals surface area contributed by atoms with Crippen molar-refractivity contribution in [3.8, 4) is 0 Å². The molecular weight excluding hydrogens is 111 g/mol. The molecule has 0 rings (SSSR count). The largest absolute Gasteiger partial charge is 1.00 e. The quantitative estimate of drug-likeness (QED) is 0.250. The molecule has 0 aromatic carbocycles. The van der Waals surface area contributed by atoms with Crippen LogP contribution in [0.3, 0.4) is 0 Å². The van der Waals surface area contributed by atoms with E-state index >= 15 is 0 Å². The molecule has 48 valence electrons. The standard InChI is InChI=1S/C6H11O2.Li/c1-3-5-6(7)8-4-2;/h5H,3-4H2,1-2H3;/q-1;+1. The summed E-state index contributed by atoms with van der Waals surface area (Å²) in [7, 11) is 0. The Morgan fingerprint density at radius 2 is 2.11 bits per heavy atom. The molecule has 0 radical (unpaired) electrons. The van der Waals surface area contributed by atoms with Gasteiger partial charge in [-0.25, -0.2) is 0 Å². The Morgan fingerprint density at radius 1 is 1.56 bits per heavy atom. The van der Waals surface area contributed by atoms with Gasteiger partial charge in [-0.2, -0.15) is 6.42 Å². The molecule has 0 aromatic rings. The van der Waals surface area contributed by atoms with Crippen molar-refractivity contribution in [1.82, 2.24) is 0 Å². The zero-order chi connectivity index (χ0) is 6.41. The van der Waals surface area contributed by atoms with E-state index in [0.29, 0.717) is 6.61 Å². The molecule has 2 nitrogen and oxygen atoms in total. The van der Waals surface area contributed by atoms with E-state index in [0.717, 1.165) is 6.42 Å². The molecule has 0 saturated heterocycles. The average molecular weight is 122 g/mol. The minimum atomic E-state index is -0.213. The van der Waals surface area contributed by atoms with Crippen LogP contribution in [0.25, 0.3) is 0 Å². The normalized spacial score (nSPS) is 7.33. The molecule has 0 fully saturated rings. The van der Waals surface area contributed by atoms with Gasteiger partial charge in [-0.15, -0.1) is 0 Å². The summed E-state index contributed by atoms with van der Waals surface area (Å²) in [4.78, 5) is 10.4. The molecule has 3 heteroatoms. The first-order valence-corrected chi connectivity index (χ1v) is 2.81. The van der Waals surface area contributed by atoms with Crippen molar-refractivity contribution in [2.45, 2.75) is 20.3 Å². The first kappa shape index (κ1) is 11.7. The van der Waals surface area contributed by atoms with E-state index in [1.54, 1.807) is 6.92 Å². The average Bonchev–Trinajstić information content (AvgIpc) is 1.68. The second-order valence-corrected chi connectivity index (χ2v) is 1.36. The van der Waals surface area contributed by atoms with Crippen LogP contribution < -0.4 is 18.9 Å². The zero-order valence-corrected chi connectivity index (χ0v) is 6.31. The van der Waals surface area contributed by atoms with Gasteiger partial charge >= 0.3 is 18.9 Å². The van der Waals surface area contributed by atoms with Crippen molar-refractivity contribution in [2.24, 2.45) is 0 Å². The first-order chi connectivity index (χ1) is 3.81. The smallest absolute Gasteiger partial charge is 0.488 e. The van der Waals surface area contributed by atoms with E-state index in [4.69, 9.17) is 0 Å². The summed E-state index contributed by atoms with van der Waals surface area (Å²) in [5.74, 6) is -0.213. The summed E-state index contributed by atoms with van der Waals surface area (Å²) >= 11 is 0. The van der Waals surface area contributed by atoms with Gasteiger partial charge in [0.15, 0.2) is 5.97 Å². The molecule has 0 saturated carbocycles. The van der Waals surface area contributed by atoms with E-state index < -0.39 is 0 Å². The van der Waals surface area contributed by atoms with Gasteiger partial charge in [0.05, 0.1) is 6.61 Å². The summed E-state index contributed by atoms with van der Waals surface area (Å²) < 4.78 is 4.59. The number of carbonyl (C=O) groups is 1. The zero-order valence-electron chi connectivity index (χ0n) is 6.31. The van der Waals surface area contributed by atoms with Crippen molar-refractivity contribution in [3.63, 3.8) is 0 Å². The number of hydrogen-bond acceptors (Lipinski definition) is 2. The summed E-state index contributed by atoms with van der Waals surface area (Å²) in [5, 5.41) is 0. The molecule has 0 aliphatic rings. The third-order valence-corrected chi connectivity index (χ3v) is 0.657. The second kappa shape index (κ2) is 7.94. The topological polar surface area (TPSA) is 26.3 Å². The predicted octanol–water partition coefficient (Wildman–Crippen LogP) is -1.83. The van der Waals surface area contributed by atoms with E-state index in [9.17, 15) is 4.79 Å². The molecule has 0 amide bonds. The molecule has 0 atom stereocenters. The van der Waals surface area contributed by atoms with Crippen molar-refractivity contribution in [3.05, 3.63) is 6.42 Å². The Labute approximate surface area is 68.1 Å². The van der Waals surface area contributed by atoms with E-state index in [1.165, 1.54) is 6.42 Å². The van der Waals surface area contributed by atoms with Crippen molar-refractivity contribution < 1.29 is 28.4 Å². The third-order valence-electron chi connectivity index (χ3n) is 0.657. The number of rotatable bonds is 3. The summed E-state index contributed by atoms with van der Waals surface area (Å²) in [6.07, 6.45) is 2.27. The molecule has 0 N–H and O–H groups in total. The summed E-state index contributed by atoms with van der Waals surface area (Å²) in [6.45, 7) is 4.16. The van der Waals surface area contributed by atoms with Crippen LogP contribution in [0.4, 0.5) is 0 Å². The molecule has 0 aliphatic carbocycles. The van der Waals surface area contributed by atoms with Crippen LogP contribution in [0.2, 0.25) is 0 Å². The van der Waals surface area contributed by atoms with Gasteiger partial charge in [-0.1, -0.05) is 6.92 Å². The van der Waals surface area contributed by atoms with Gasteiger partial charge in [0.2, 0.25) is 0 Å². The fourth-order valence-electron chi connectivity index (χ4n) is 0.368. The molecule has 0 heterocycles. The van der Waals surface area contributed by atoms with Crippen LogP contribution in [-0.2, 0) is 9.53 Å². The molecule has 0 aromatic heterocycles. The number of hydrogen-bond donors (Lipinski definition) is 0. The fraction of sp³-hybridized carbons (Fsp3) is 0.667. The molecule has 0 spiro atoms. The van der Waals surface area contributed by atoms with Crippen LogP contribution >= 0.6 is 0 Å². The Bertz CT molecular complexity index is 65.5. The number of esters is 1. The maximum Gasteiger partial charge on any atom is 1.00 e. The molecule has 0 unspecified atom stereocenters. The molecular formula is C6H11LiO2. The Morgan fingerprint density at radius 3 is 2.44 bits per heavy atom. The van der Waals surface area contributed by atoms with Crippen molar-refractivity contribution in [2.75, 3.05) is 6.61 Å². The Balaban J connectivity index is 0. The van der Waals surface area contributed by atoms with Crippen LogP contribution in [-0.4, -0.2) is 12.6 Å². The Kier molecular flexibility index (Phi) is 10.3. The van der Waals surface area contributed by atoms with Gasteiger partial charge in [0.1, 0.15) is 0 Å². The van der Waals surface area contributed by atoms with Crippen LogP contribution in [0.15, 0.2) is 0 Å². The maximum absolute atomic E-state index is 10.4. The van der Waals surface area contributed by atoms with Gasteiger partial charge in [-0.3, -0.25) is 11.2 Å². The molecule has 0 bridgehead atoms. The number of carbonyl (C=O) groups excluding carboxylic acids is 1. The van der Waals surface area contributed by atoms with Crippen molar-refractivity contribution >= 4 is 5.97 Å². The van der Waals surface area contributed by atoms with Gasteiger partial charge in [-0.05, 0) is 6.92 Å². The van der Waals surface area contributed by atoms with Gasteiger partial charge in [0, 0.05) is 0 Å². The van der Waals surface area contributed by atoms with E-state index in [-0.39, 0.29) is 24.8 Å². The van der Waals surface area contributed by atoms with Crippen molar-refractivity contribution in [1.29, 1.82) is 0 Å². The monoisotopic (exact) mass is 122 g/mol. The van der Waals surface area contributed by atoms with Gasteiger partial charge < -0.3 is 4.74 Å². The minimum absolute atomic E-state index is 0. The van der Waals surface area contributed by atoms with E-state index in [1.807, 2.05) is 6.92 Å². The van der Waals surface area contributed by atoms with Crippen LogP contribution in [0.5, 0.6) is 0 Å². The molecule has 0 aliphatic heterocycles. The summed E-state index contributed by atoms with van der Waals surface area (Å²) in [6, 6.07) is 0. The predicted molar refractivity (Wildman–Crippen MR) is 31.2 cm³/mol. The molecule has 9 heavy (non-hydrogen) atoms. The first-order valence-electron chi connectivity index (χ1n) is 2.81. The summed E-state index contributed by atoms with van der Waals surface area (Å²) in [5.41, 5.74) is 0. The maximum atomic E-state index is 10.4. The van der Waals surface area contributed by atoms with E-state index in [2.05, 4.69) is 4.74 Å².